The molecular formula is C20H14ClF2N5O. The van der Waals surface area contributed by atoms with Gasteiger partial charge in [0.15, 0.2) is 11.5 Å². The predicted octanol–water partition coefficient (Wildman–Crippen LogP) is 4.30. The first-order valence-electron chi connectivity index (χ1n) is 8.58. The number of anilines is 1. The first-order valence-corrected chi connectivity index (χ1v) is 8.96. The van der Waals surface area contributed by atoms with Gasteiger partial charge in [0, 0.05) is 29.2 Å². The highest BCUT2D eigenvalue weighted by molar-refractivity contribution is 6.30. The Morgan fingerprint density at radius 3 is 2.34 bits per heavy atom. The summed E-state index contributed by atoms with van der Waals surface area (Å²) in [5.74, 6) is -1.81. The molecule has 0 fully saturated rings. The summed E-state index contributed by atoms with van der Waals surface area (Å²) in [6.45, 7) is 0.347. The van der Waals surface area contributed by atoms with Crippen LogP contribution in [0.3, 0.4) is 0 Å². The number of benzene rings is 2. The van der Waals surface area contributed by atoms with Gasteiger partial charge in [-0.2, -0.15) is 0 Å². The molecule has 0 saturated carbocycles. The number of nitrogens with one attached hydrogen (secondary N) is 1. The summed E-state index contributed by atoms with van der Waals surface area (Å²) < 4.78 is 30.1. The van der Waals surface area contributed by atoms with Gasteiger partial charge in [-0.15, -0.1) is 5.10 Å². The fourth-order valence-corrected chi connectivity index (χ4v) is 3.00. The lowest BCUT2D eigenvalue weighted by Crippen LogP contribution is -2.17. The molecule has 0 radical (unpaired) electrons. The van der Waals surface area contributed by atoms with Crippen LogP contribution in [0, 0.1) is 11.6 Å². The van der Waals surface area contributed by atoms with Crippen molar-refractivity contribution in [3.05, 3.63) is 94.9 Å². The van der Waals surface area contributed by atoms with Crippen molar-refractivity contribution in [2.45, 2.75) is 6.54 Å². The van der Waals surface area contributed by atoms with Gasteiger partial charge in [0.2, 0.25) is 0 Å². The molecule has 0 bridgehead atoms. The van der Waals surface area contributed by atoms with Crippen molar-refractivity contribution in [3.63, 3.8) is 0 Å². The highest BCUT2D eigenvalue weighted by atomic mass is 35.5. The van der Waals surface area contributed by atoms with Crippen molar-refractivity contribution < 1.29 is 13.6 Å². The fourth-order valence-electron chi connectivity index (χ4n) is 2.87. The Labute approximate surface area is 169 Å². The van der Waals surface area contributed by atoms with E-state index in [1.54, 1.807) is 45.9 Å². The lowest BCUT2D eigenvalue weighted by Gasteiger charge is -2.10. The molecule has 1 amide bonds. The van der Waals surface area contributed by atoms with Gasteiger partial charge in [-0.25, -0.2) is 13.5 Å². The van der Waals surface area contributed by atoms with E-state index < -0.39 is 17.5 Å². The average Bonchev–Trinajstić information content (AvgIpc) is 3.32. The van der Waals surface area contributed by atoms with E-state index >= 15 is 0 Å². The van der Waals surface area contributed by atoms with Gasteiger partial charge in [0.25, 0.3) is 5.91 Å². The second-order valence-electron chi connectivity index (χ2n) is 6.25. The zero-order valence-electron chi connectivity index (χ0n) is 14.9. The van der Waals surface area contributed by atoms with E-state index in [2.05, 4.69) is 15.6 Å². The molecule has 29 heavy (non-hydrogen) atoms. The number of carbonyl (C=O) groups excluding carboxylic acids is 1. The Morgan fingerprint density at radius 2 is 1.69 bits per heavy atom. The third kappa shape index (κ3) is 4.17. The van der Waals surface area contributed by atoms with Crippen molar-refractivity contribution in [1.82, 2.24) is 19.6 Å². The van der Waals surface area contributed by atoms with E-state index in [0.29, 0.717) is 17.4 Å². The highest BCUT2D eigenvalue weighted by Crippen LogP contribution is 2.19. The number of nitrogens with zero attached hydrogens (tertiary/aromatic N) is 4. The number of hydrogen-bond acceptors (Lipinski definition) is 3. The molecule has 2 aromatic heterocycles. The minimum Gasteiger partial charge on any atom is -0.320 e. The summed E-state index contributed by atoms with van der Waals surface area (Å²) in [6, 6.07) is 13.6. The van der Waals surface area contributed by atoms with Crippen LogP contribution < -0.4 is 5.32 Å². The maximum atomic E-state index is 13.4. The van der Waals surface area contributed by atoms with E-state index in [0.717, 1.165) is 23.8 Å². The Bertz CT molecular complexity index is 1140. The summed E-state index contributed by atoms with van der Waals surface area (Å²) in [5, 5.41) is 11.2. The van der Waals surface area contributed by atoms with Crippen LogP contribution in [-0.4, -0.2) is 25.5 Å². The number of carbonyl (C=O) groups is 1. The van der Waals surface area contributed by atoms with Crippen LogP contribution in [0.4, 0.5) is 14.5 Å². The summed E-state index contributed by atoms with van der Waals surface area (Å²) in [4.78, 5) is 12.8. The van der Waals surface area contributed by atoms with E-state index in [-0.39, 0.29) is 11.4 Å². The zero-order valence-corrected chi connectivity index (χ0v) is 15.6. The van der Waals surface area contributed by atoms with Gasteiger partial charge in [-0.1, -0.05) is 28.9 Å². The van der Waals surface area contributed by atoms with Crippen LogP contribution in [-0.2, 0) is 6.54 Å². The van der Waals surface area contributed by atoms with E-state index in [9.17, 15) is 13.6 Å². The molecule has 0 spiro atoms. The van der Waals surface area contributed by atoms with Crippen molar-refractivity contribution in [1.29, 1.82) is 0 Å². The van der Waals surface area contributed by atoms with Gasteiger partial charge in [0.1, 0.15) is 11.6 Å². The van der Waals surface area contributed by atoms with E-state index in [1.165, 1.54) is 0 Å². The standard InChI is InChI=1S/C20H14ClF2N5O/c21-14-5-3-13(4-6-14)12-28-20(27-7-1-2-8-27)18(25-26-28)19(29)24-17-10-15(22)9-16(23)11-17/h1-11H,12H2,(H,24,29). The van der Waals surface area contributed by atoms with Gasteiger partial charge in [-0.05, 0) is 42.0 Å². The van der Waals surface area contributed by atoms with Gasteiger partial charge in [-0.3, -0.25) is 4.79 Å². The van der Waals surface area contributed by atoms with Crippen molar-refractivity contribution in [2.24, 2.45) is 0 Å². The number of amides is 1. The Hall–Kier alpha value is -3.52. The van der Waals surface area contributed by atoms with Crippen LogP contribution in [0.15, 0.2) is 67.0 Å². The monoisotopic (exact) mass is 413 g/mol. The third-order valence-corrected chi connectivity index (χ3v) is 4.39. The van der Waals surface area contributed by atoms with Crippen LogP contribution in [0.1, 0.15) is 16.1 Å². The number of hydrogen-bond donors (Lipinski definition) is 1. The first kappa shape index (κ1) is 18.8. The third-order valence-electron chi connectivity index (χ3n) is 4.14. The van der Waals surface area contributed by atoms with E-state index in [1.807, 2.05) is 12.1 Å². The topological polar surface area (TPSA) is 64.7 Å². The average molecular weight is 414 g/mol. The maximum absolute atomic E-state index is 13.4. The molecule has 6 nitrogen and oxygen atoms in total. The molecule has 0 aliphatic rings. The Kier molecular flexibility index (Phi) is 5.09. The van der Waals surface area contributed by atoms with Gasteiger partial charge < -0.3 is 9.88 Å². The van der Waals surface area contributed by atoms with Crippen molar-refractivity contribution in [3.8, 4) is 5.82 Å². The van der Waals surface area contributed by atoms with Crippen LogP contribution >= 0.6 is 11.6 Å². The maximum Gasteiger partial charge on any atom is 0.280 e. The number of aromatic nitrogens is 4. The molecular weight excluding hydrogens is 400 g/mol. The van der Waals surface area contributed by atoms with Crippen molar-refractivity contribution >= 4 is 23.2 Å². The molecule has 2 heterocycles. The highest BCUT2D eigenvalue weighted by Gasteiger charge is 2.22. The molecule has 1 N–H and O–H groups in total. The van der Waals surface area contributed by atoms with Crippen LogP contribution in [0.5, 0.6) is 0 Å². The molecule has 0 saturated heterocycles. The second-order valence-corrected chi connectivity index (χ2v) is 6.68. The summed E-state index contributed by atoms with van der Waals surface area (Å²) in [6.07, 6.45) is 3.49. The molecule has 0 aliphatic heterocycles. The zero-order chi connectivity index (χ0) is 20.4. The minimum atomic E-state index is -0.794. The SMILES string of the molecule is O=C(Nc1cc(F)cc(F)c1)c1nnn(Cc2ccc(Cl)cc2)c1-n1cccc1. The minimum absolute atomic E-state index is 0.0137. The smallest absolute Gasteiger partial charge is 0.280 e. The quantitative estimate of drug-likeness (QED) is 0.530. The largest absolute Gasteiger partial charge is 0.320 e. The van der Waals surface area contributed by atoms with Crippen molar-refractivity contribution in [2.75, 3.05) is 5.32 Å². The first-order chi connectivity index (χ1) is 14.0. The molecule has 146 valence electrons. The lowest BCUT2D eigenvalue weighted by atomic mass is 10.2. The Morgan fingerprint density at radius 1 is 1.03 bits per heavy atom. The second kappa shape index (κ2) is 7.84. The number of halogens is 3. The summed E-state index contributed by atoms with van der Waals surface area (Å²) >= 11 is 5.93. The van der Waals surface area contributed by atoms with Crippen LogP contribution in [0.25, 0.3) is 5.82 Å². The summed E-state index contributed by atoms with van der Waals surface area (Å²) in [7, 11) is 0. The molecule has 0 unspecified atom stereocenters. The molecule has 4 rings (SSSR count). The predicted molar refractivity (Wildman–Crippen MR) is 104 cm³/mol. The summed E-state index contributed by atoms with van der Waals surface area (Å²) in [5.41, 5.74) is 0.907. The number of rotatable bonds is 5. The normalized spacial score (nSPS) is 10.9. The Balaban J connectivity index is 1.68. The molecule has 0 aliphatic carbocycles. The molecule has 4 aromatic rings. The lowest BCUT2D eigenvalue weighted by molar-refractivity contribution is 0.102. The van der Waals surface area contributed by atoms with Crippen LogP contribution in [0.2, 0.25) is 5.02 Å². The molecule has 9 heteroatoms. The van der Waals surface area contributed by atoms with Gasteiger partial charge in [0.05, 0.1) is 6.54 Å². The molecule has 2 aromatic carbocycles. The van der Waals surface area contributed by atoms with Gasteiger partial charge >= 0.3 is 0 Å². The fraction of sp³-hybridized carbons (Fsp3) is 0.0500. The molecule has 0 atom stereocenters. The van der Waals surface area contributed by atoms with E-state index in [4.69, 9.17) is 11.6 Å².